The van der Waals surface area contributed by atoms with E-state index in [1.807, 2.05) is 0 Å². The van der Waals surface area contributed by atoms with Gasteiger partial charge in [0.25, 0.3) is 0 Å². The fourth-order valence-electron chi connectivity index (χ4n) is 1.24. The summed E-state index contributed by atoms with van der Waals surface area (Å²) in [5.74, 6) is 0. The number of aliphatic hydroxyl groups is 3. The number of aliphatic hydroxyl groups excluding tert-OH is 3. The van der Waals surface area contributed by atoms with Gasteiger partial charge < -0.3 is 29.8 Å². The minimum Gasteiger partial charge on any atom is -0.388 e. The van der Waals surface area contributed by atoms with Crippen molar-refractivity contribution in [3.63, 3.8) is 0 Å². The van der Waals surface area contributed by atoms with Crippen LogP contribution in [0, 0.1) is 0 Å². The molecule has 8 nitrogen and oxygen atoms in total. The molecule has 0 aromatic rings. The molecule has 0 radical (unpaired) electrons. The summed E-state index contributed by atoms with van der Waals surface area (Å²) in [5, 5.41) is 27.8. The highest BCUT2D eigenvalue weighted by Gasteiger charge is 2.44. The number of phosphoric ester groups is 1. The summed E-state index contributed by atoms with van der Waals surface area (Å²) in [5.41, 5.74) is 0. The van der Waals surface area contributed by atoms with Gasteiger partial charge >= 0.3 is 7.82 Å². The van der Waals surface area contributed by atoms with E-state index < -0.39 is 38.5 Å². The second-order valence-electron chi connectivity index (χ2n) is 3.28. The molecule has 1 fully saturated rings. The molecule has 5 N–H and O–H groups in total. The highest BCUT2D eigenvalue weighted by molar-refractivity contribution is 7.46. The highest BCUT2D eigenvalue weighted by Crippen LogP contribution is 2.40. The van der Waals surface area contributed by atoms with E-state index in [4.69, 9.17) is 14.5 Å². The zero-order valence-corrected chi connectivity index (χ0v) is 8.69. The average molecular weight is 244 g/mol. The summed E-state index contributed by atoms with van der Waals surface area (Å²) < 4.78 is 19.4. The Morgan fingerprint density at radius 1 is 1.13 bits per heavy atom. The Balaban J connectivity index is 2.71. The maximum atomic E-state index is 10.5. The molecule has 1 aliphatic rings. The molecule has 0 aliphatic carbocycles. The predicted molar refractivity (Wildman–Crippen MR) is 45.5 cm³/mol. The molecular weight excluding hydrogens is 231 g/mol. The van der Waals surface area contributed by atoms with Gasteiger partial charge in [0.05, 0.1) is 6.10 Å². The first kappa shape index (κ1) is 13.0. The van der Waals surface area contributed by atoms with Crippen LogP contribution in [0.15, 0.2) is 0 Å². The largest absolute Gasteiger partial charge is 0.472 e. The third-order valence-electron chi connectivity index (χ3n) is 2.05. The van der Waals surface area contributed by atoms with Crippen molar-refractivity contribution in [1.29, 1.82) is 0 Å². The van der Waals surface area contributed by atoms with Gasteiger partial charge in [-0.3, -0.25) is 4.52 Å². The molecule has 90 valence electrons. The molecule has 1 heterocycles. The number of phosphoric acid groups is 1. The third-order valence-corrected chi connectivity index (χ3v) is 2.53. The first-order chi connectivity index (χ1) is 6.72. The van der Waals surface area contributed by atoms with E-state index in [1.54, 1.807) is 0 Å². The Labute approximate surface area is 85.3 Å². The molecule has 0 aromatic carbocycles. The quantitative estimate of drug-likeness (QED) is 0.349. The summed E-state index contributed by atoms with van der Waals surface area (Å²) in [6, 6.07) is 0. The van der Waals surface area contributed by atoms with Crippen LogP contribution in [0.3, 0.4) is 0 Å². The van der Waals surface area contributed by atoms with Crippen molar-refractivity contribution in [2.24, 2.45) is 0 Å². The van der Waals surface area contributed by atoms with Crippen LogP contribution in [-0.4, -0.2) is 55.8 Å². The van der Waals surface area contributed by atoms with Crippen LogP contribution in [-0.2, 0) is 13.8 Å². The molecule has 0 amide bonds. The summed E-state index contributed by atoms with van der Waals surface area (Å²) in [4.78, 5) is 17.0. The predicted octanol–water partition coefficient (Wildman–Crippen LogP) is -2.08. The molecule has 5 atom stereocenters. The molecule has 1 aliphatic heterocycles. The van der Waals surface area contributed by atoms with Crippen LogP contribution in [0.1, 0.15) is 6.92 Å². The van der Waals surface area contributed by atoms with Gasteiger partial charge in [-0.25, -0.2) is 4.57 Å². The van der Waals surface area contributed by atoms with Crippen LogP contribution in [0.5, 0.6) is 0 Å². The third kappa shape index (κ3) is 3.20. The zero-order chi connectivity index (χ0) is 11.8. The first-order valence-corrected chi connectivity index (χ1v) is 5.69. The lowest BCUT2D eigenvalue weighted by molar-refractivity contribution is -0.271. The minimum atomic E-state index is -4.82. The number of hydrogen-bond acceptors (Lipinski definition) is 6. The monoisotopic (exact) mass is 244 g/mol. The van der Waals surface area contributed by atoms with Gasteiger partial charge in [0.2, 0.25) is 0 Å². The Morgan fingerprint density at radius 2 is 1.67 bits per heavy atom. The number of rotatable bonds is 2. The van der Waals surface area contributed by atoms with Crippen molar-refractivity contribution in [1.82, 2.24) is 0 Å². The van der Waals surface area contributed by atoms with Crippen LogP contribution in [0.25, 0.3) is 0 Å². The summed E-state index contributed by atoms with van der Waals surface area (Å²) in [6.45, 7) is 1.37. The van der Waals surface area contributed by atoms with Crippen molar-refractivity contribution in [2.75, 3.05) is 0 Å². The Bertz CT molecular complexity index is 264. The summed E-state index contributed by atoms with van der Waals surface area (Å²) >= 11 is 0. The molecule has 0 spiro atoms. The van der Waals surface area contributed by atoms with Crippen LogP contribution in [0.2, 0.25) is 0 Å². The van der Waals surface area contributed by atoms with Crippen LogP contribution >= 0.6 is 7.82 Å². The Morgan fingerprint density at radius 3 is 2.13 bits per heavy atom. The maximum Gasteiger partial charge on any atom is 0.472 e. The topological polar surface area (TPSA) is 137 Å². The van der Waals surface area contributed by atoms with Gasteiger partial charge in [-0.15, -0.1) is 0 Å². The SMILES string of the molecule is C[C@@H]1O[C@@H](OP(=O)(O)O)[C@H](O)[C@H](O)[C@H]1O. The van der Waals surface area contributed by atoms with Gasteiger partial charge in [-0.05, 0) is 6.92 Å². The van der Waals surface area contributed by atoms with Crippen LogP contribution in [0.4, 0.5) is 0 Å². The second-order valence-corrected chi connectivity index (χ2v) is 4.47. The van der Waals surface area contributed by atoms with E-state index in [9.17, 15) is 19.9 Å². The molecule has 0 unspecified atom stereocenters. The fourth-order valence-corrected chi connectivity index (χ4v) is 1.68. The summed E-state index contributed by atoms with van der Waals surface area (Å²) in [6.07, 6.45) is -7.20. The standard InChI is InChI=1S/C6H13O8P/c1-2-3(7)4(8)5(9)6(13-2)14-15(10,11)12/h2-9H,1H3,(H2,10,11,12)/t2-,3-,4+,5+,6-/m0/s1. The maximum absolute atomic E-state index is 10.5. The molecule has 0 bridgehead atoms. The van der Waals surface area contributed by atoms with Crippen molar-refractivity contribution in [3.05, 3.63) is 0 Å². The van der Waals surface area contributed by atoms with Gasteiger partial charge in [0.1, 0.15) is 18.3 Å². The highest BCUT2D eigenvalue weighted by atomic mass is 31.2. The normalized spacial score (nSPS) is 42.9. The smallest absolute Gasteiger partial charge is 0.388 e. The van der Waals surface area contributed by atoms with Gasteiger partial charge in [0.15, 0.2) is 6.29 Å². The molecule has 0 aromatic heterocycles. The lowest BCUT2D eigenvalue weighted by atomic mass is 10.0. The van der Waals surface area contributed by atoms with E-state index in [0.29, 0.717) is 0 Å². The molecule has 9 heteroatoms. The lowest BCUT2D eigenvalue weighted by Crippen LogP contribution is -2.57. The van der Waals surface area contributed by atoms with Gasteiger partial charge in [-0.2, -0.15) is 0 Å². The number of ether oxygens (including phenoxy) is 1. The van der Waals surface area contributed by atoms with Crippen molar-refractivity contribution in [3.8, 4) is 0 Å². The Hall–Kier alpha value is -0.0500. The average Bonchev–Trinajstić information content (AvgIpc) is 2.08. The number of hydrogen-bond donors (Lipinski definition) is 5. The molecule has 15 heavy (non-hydrogen) atoms. The first-order valence-electron chi connectivity index (χ1n) is 4.16. The van der Waals surface area contributed by atoms with Gasteiger partial charge in [0, 0.05) is 0 Å². The molecule has 1 saturated heterocycles. The Kier molecular flexibility index (Phi) is 3.85. The van der Waals surface area contributed by atoms with E-state index in [0.717, 1.165) is 0 Å². The molecule has 0 saturated carbocycles. The van der Waals surface area contributed by atoms with Crippen molar-refractivity contribution >= 4 is 7.82 Å². The van der Waals surface area contributed by atoms with Crippen molar-refractivity contribution < 1.29 is 38.9 Å². The summed E-state index contributed by atoms with van der Waals surface area (Å²) in [7, 11) is -4.82. The minimum absolute atomic E-state index is 0.903. The fraction of sp³-hybridized carbons (Fsp3) is 1.00. The van der Waals surface area contributed by atoms with Gasteiger partial charge in [-0.1, -0.05) is 0 Å². The van der Waals surface area contributed by atoms with E-state index in [-0.39, 0.29) is 0 Å². The molecular formula is C6H13O8P. The van der Waals surface area contributed by atoms with E-state index in [1.165, 1.54) is 6.92 Å². The lowest BCUT2D eigenvalue weighted by Gasteiger charge is -2.38. The molecule has 1 rings (SSSR count). The van der Waals surface area contributed by atoms with Crippen LogP contribution < -0.4 is 0 Å². The zero-order valence-electron chi connectivity index (χ0n) is 7.79. The second kappa shape index (κ2) is 4.44. The van der Waals surface area contributed by atoms with E-state index in [2.05, 4.69) is 4.52 Å². The van der Waals surface area contributed by atoms with E-state index >= 15 is 0 Å². The van der Waals surface area contributed by atoms with Crippen molar-refractivity contribution in [2.45, 2.75) is 37.6 Å².